The van der Waals surface area contributed by atoms with Gasteiger partial charge in [0.15, 0.2) is 0 Å². The summed E-state index contributed by atoms with van der Waals surface area (Å²) in [6, 6.07) is 19.8. The molecule has 0 spiro atoms. The van der Waals surface area contributed by atoms with Crippen LogP contribution in [0.3, 0.4) is 0 Å². The van der Waals surface area contributed by atoms with E-state index in [1.807, 2.05) is 48.7 Å². The lowest BCUT2D eigenvalue weighted by Crippen LogP contribution is -2.26. The van der Waals surface area contributed by atoms with Crippen LogP contribution in [0.2, 0.25) is 0 Å². The molecular formula is C22H18N2O3S. The number of rotatable bonds is 5. The molecule has 2 N–H and O–H groups in total. The molecule has 1 atom stereocenters. The number of carbonyl (C=O) groups is 2. The zero-order valence-electron chi connectivity index (χ0n) is 15.1. The molecule has 0 aliphatic rings. The topological polar surface area (TPSA) is 71.3 Å². The Bertz CT molecular complexity index is 1100. The molecule has 4 rings (SSSR count). The van der Waals surface area contributed by atoms with E-state index in [0.717, 1.165) is 11.0 Å². The van der Waals surface area contributed by atoms with E-state index in [0.29, 0.717) is 21.9 Å². The minimum Gasteiger partial charge on any atom is -0.459 e. The summed E-state index contributed by atoms with van der Waals surface area (Å²) >= 11 is 1.37. The van der Waals surface area contributed by atoms with Crippen molar-refractivity contribution < 1.29 is 14.0 Å². The standard InChI is InChI=1S/C22H18N2O3S/c1-14(19-13-15-6-2-3-9-18(15)27-19)23-21(25)16-7-4-8-17(12-16)24-22(26)20-10-5-11-28-20/h2-14H,1H3,(H,23,25)(H,24,26)/t14-/m1/s1. The Hall–Kier alpha value is -3.38. The molecule has 2 aromatic carbocycles. The second kappa shape index (κ2) is 7.70. The third-order valence-electron chi connectivity index (χ3n) is 4.35. The number of hydrogen-bond donors (Lipinski definition) is 2. The summed E-state index contributed by atoms with van der Waals surface area (Å²) in [5.41, 5.74) is 1.83. The molecule has 2 aromatic heterocycles. The summed E-state index contributed by atoms with van der Waals surface area (Å²) in [7, 11) is 0. The maximum absolute atomic E-state index is 12.6. The first-order chi connectivity index (χ1) is 13.6. The normalized spacial score (nSPS) is 11.9. The molecular weight excluding hydrogens is 372 g/mol. The van der Waals surface area contributed by atoms with Gasteiger partial charge in [-0.15, -0.1) is 11.3 Å². The molecule has 0 bridgehead atoms. The number of furan rings is 1. The fraction of sp³-hybridized carbons (Fsp3) is 0.0909. The number of fused-ring (bicyclic) bond motifs is 1. The van der Waals surface area contributed by atoms with Crippen LogP contribution in [-0.4, -0.2) is 11.8 Å². The molecule has 0 saturated heterocycles. The minimum absolute atomic E-state index is 0.191. The number of hydrogen-bond acceptors (Lipinski definition) is 4. The molecule has 4 aromatic rings. The Morgan fingerprint density at radius 2 is 1.82 bits per heavy atom. The second-order valence-electron chi connectivity index (χ2n) is 6.39. The highest BCUT2D eigenvalue weighted by Crippen LogP contribution is 2.24. The Morgan fingerprint density at radius 1 is 0.964 bits per heavy atom. The summed E-state index contributed by atoms with van der Waals surface area (Å²) in [6.45, 7) is 1.87. The van der Waals surface area contributed by atoms with Gasteiger partial charge in [-0.2, -0.15) is 0 Å². The molecule has 5 nitrogen and oxygen atoms in total. The summed E-state index contributed by atoms with van der Waals surface area (Å²) in [4.78, 5) is 25.5. The molecule has 0 saturated carbocycles. The van der Waals surface area contributed by atoms with Crippen molar-refractivity contribution >= 4 is 39.8 Å². The highest BCUT2D eigenvalue weighted by atomic mass is 32.1. The number of carbonyl (C=O) groups excluding carboxylic acids is 2. The minimum atomic E-state index is -0.288. The maximum atomic E-state index is 12.6. The van der Waals surface area contributed by atoms with Gasteiger partial charge in [0.1, 0.15) is 11.3 Å². The van der Waals surface area contributed by atoms with Gasteiger partial charge in [0.25, 0.3) is 11.8 Å². The van der Waals surface area contributed by atoms with E-state index in [1.54, 1.807) is 30.3 Å². The average Bonchev–Trinajstić information content (AvgIpc) is 3.38. The van der Waals surface area contributed by atoms with Crippen molar-refractivity contribution in [3.05, 3.63) is 88.3 Å². The van der Waals surface area contributed by atoms with Gasteiger partial charge < -0.3 is 15.1 Å². The van der Waals surface area contributed by atoms with Gasteiger partial charge >= 0.3 is 0 Å². The summed E-state index contributed by atoms with van der Waals surface area (Å²) < 4.78 is 5.81. The molecule has 0 fully saturated rings. The number of benzene rings is 2. The highest BCUT2D eigenvalue weighted by Gasteiger charge is 2.16. The number of nitrogens with one attached hydrogen (secondary N) is 2. The zero-order valence-corrected chi connectivity index (χ0v) is 16.0. The van der Waals surface area contributed by atoms with Crippen LogP contribution in [0, 0.1) is 0 Å². The Balaban J connectivity index is 1.46. The van der Waals surface area contributed by atoms with E-state index in [9.17, 15) is 9.59 Å². The molecule has 0 aliphatic heterocycles. The fourth-order valence-electron chi connectivity index (χ4n) is 2.91. The predicted octanol–water partition coefficient (Wildman–Crippen LogP) is 5.24. The molecule has 0 aliphatic carbocycles. The van der Waals surface area contributed by atoms with Crippen molar-refractivity contribution in [1.82, 2.24) is 5.32 Å². The first kappa shape index (κ1) is 18.0. The van der Waals surface area contributed by atoms with E-state index in [2.05, 4.69) is 10.6 Å². The van der Waals surface area contributed by atoms with E-state index in [-0.39, 0.29) is 17.9 Å². The van der Waals surface area contributed by atoms with E-state index in [1.165, 1.54) is 11.3 Å². The second-order valence-corrected chi connectivity index (χ2v) is 7.34. The van der Waals surface area contributed by atoms with Crippen molar-refractivity contribution in [2.24, 2.45) is 0 Å². The molecule has 6 heteroatoms. The van der Waals surface area contributed by atoms with Crippen molar-refractivity contribution in [3.8, 4) is 0 Å². The zero-order chi connectivity index (χ0) is 19.5. The molecule has 2 heterocycles. The lowest BCUT2D eigenvalue weighted by Gasteiger charge is -2.12. The highest BCUT2D eigenvalue weighted by molar-refractivity contribution is 7.12. The van der Waals surface area contributed by atoms with Crippen molar-refractivity contribution in [3.63, 3.8) is 0 Å². The smallest absolute Gasteiger partial charge is 0.265 e. The van der Waals surface area contributed by atoms with E-state index >= 15 is 0 Å². The van der Waals surface area contributed by atoms with Crippen LogP contribution >= 0.6 is 11.3 Å². The van der Waals surface area contributed by atoms with Crippen molar-refractivity contribution in [1.29, 1.82) is 0 Å². The number of amides is 2. The van der Waals surface area contributed by atoms with E-state index < -0.39 is 0 Å². The maximum Gasteiger partial charge on any atom is 0.265 e. The Morgan fingerprint density at radius 3 is 2.61 bits per heavy atom. The molecule has 28 heavy (non-hydrogen) atoms. The first-order valence-electron chi connectivity index (χ1n) is 8.84. The first-order valence-corrected chi connectivity index (χ1v) is 9.72. The third kappa shape index (κ3) is 3.82. The van der Waals surface area contributed by atoms with Gasteiger partial charge in [0, 0.05) is 16.6 Å². The monoisotopic (exact) mass is 390 g/mol. The molecule has 140 valence electrons. The lowest BCUT2D eigenvalue weighted by molar-refractivity contribution is 0.0934. The van der Waals surface area contributed by atoms with Crippen LogP contribution < -0.4 is 10.6 Å². The van der Waals surface area contributed by atoms with Crippen LogP contribution in [0.4, 0.5) is 5.69 Å². The van der Waals surface area contributed by atoms with Gasteiger partial charge in [0.05, 0.1) is 10.9 Å². The van der Waals surface area contributed by atoms with Crippen molar-refractivity contribution in [2.75, 3.05) is 5.32 Å². The van der Waals surface area contributed by atoms with Gasteiger partial charge in [-0.1, -0.05) is 30.3 Å². The average molecular weight is 390 g/mol. The number of thiophene rings is 1. The number of anilines is 1. The van der Waals surface area contributed by atoms with Crippen molar-refractivity contribution in [2.45, 2.75) is 13.0 Å². The lowest BCUT2D eigenvalue weighted by atomic mass is 10.1. The Kier molecular flexibility index (Phi) is 4.95. The molecule has 0 unspecified atom stereocenters. The van der Waals surface area contributed by atoms with Gasteiger partial charge in [-0.05, 0) is 48.7 Å². The van der Waals surface area contributed by atoms with Gasteiger partial charge in [0.2, 0.25) is 0 Å². The van der Waals surface area contributed by atoms with Crippen LogP contribution in [0.25, 0.3) is 11.0 Å². The summed E-state index contributed by atoms with van der Waals surface area (Å²) in [5, 5.41) is 8.60. The Labute approximate surface area is 166 Å². The molecule has 2 amide bonds. The van der Waals surface area contributed by atoms with Crippen LogP contribution in [0.15, 0.2) is 76.5 Å². The van der Waals surface area contributed by atoms with Gasteiger partial charge in [-0.3, -0.25) is 9.59 Å². The molecule has 0 radical (unpaired) electrons. The SMILES string of the molecule is C[C@@H](NC(=O)c1cccc(NC(=O)c2cccs2)c1)c1cc2ccccc2o1. The summed E-state index contributed by atoms with van der Waals surface area (Å²) in [6.07, 6.45) is 0. The van der Waals surface area contributed by atoms with Crippen LogP contribution in [0.1, 0.15) is 38.8 Å². The predicted molar refractivity (Wildman–Crippen MR) is 111 cm³/mol. The fourth-order valence-corrected chi connectivity index (χ4v) is 3.52. The largest absolute Gasteiger partial charge is 0.459 e. The van der Waals surface area contributed by atoms with Gasteiger partial charge in [-0.25, -0.2) is 0 Å². The third-order valence-corrected chi connectivity index (χ3v) is 5.22. The number of para-hydroxylation sites is 1. The summed E-state index contributed by atoms with van der Waals surface area (Å²) in [5.74, 6) is 0.264. The van der Waals surface area contributed by atoms with Crippen LogP contribution in [0.5, 0.6) is 0 Å². The van der Waals surface area contributed by atoms with E-state index in [4.69, 9.17) is 4.42 Å². The quantitative estimate of drug-likeness (QED) is 0.490. The van der Waals surface area contributed by atoms with Crippen LogP contribution in [-0.2, 0) is 0 Å².